The molecule has 0 saturated carbocycles. The first-order chi connectivity index (χ1) is 6.16. The van der Waals surface area contributed by atoms with Crippen LogP contribution in [0.1, 0.15) is 39.0 Å². The highest BCUT2D eigenvalue weighted by molar-refractivity contribution is 5.76. The molecule has 2 amide bonds. The Kier molecular flexibility index (Phi) is 6.96. The number of unbranched alkanes of at least 4 members (excludes halogenated alkanes) is 1. The second-order valence-electron chi connectivity index (χ2n) is 3.02. The molecule has 0 bridgehead atoms. The van der Waals surface area contributed by atoms with Gasteiger partial charge in [0.1, 0.15) is 0 Å². The molecule has 0 aliphatic carbocycles. The van der Waals surface area contributed by atoms with E-state index in [1.54, 1.807) is 0 Å². The summed E-state index contributed by atoms with van der Waals surface area (Å²) in [6.07, 6.45) is 3.49. The SMILES string of the molecule is CCCCC(=O)NCCCC(N)=O. The molecule has 4 heteroatoms. The predicted molar refractivity (Wildman–Crippen MR) is 51.0 cm³/mol. The molecule has 0 aliphatic rings. The first-order valence-corrected chi connectivity index (χ1v) is 4.71. The van der Waals surface area contributed by atoms with Crippen LogP contribution in [0.4, 0.5) is 0 Å². The number of primary amides is 1. The summed E-state index contributed by atoms with van der Waals surface area (Å²) in [6, 6.07) is 0. The maximum absolute atomic E-state index is 11.0. The number of carbonyl (C=O) groups excluding carboxylic acids is 2. The van der Waals surface area contributed by atoms with Crippen LogP contribution in [0, 0.1) is 0 Å². The van der Waals surface area contributed by atoms with E-state index in [2.05, 4.69) is 5.32 Å². The molecule has 13 heavy (non-hydrogen) atoms. The molecule has 0 heterocycles. The van der Waals surface area contributed by atoms with E-state index in [-0.39, 0.29) is 11.8 Å². The van der Waals surface area contributed by atoms with Crippen LogP contribution in [0.15, 0.2) is 0 Å². The van der Waals surface area contributed by atoms with E-state index in [0.29, 0.717) is 25.8 Å². The number of amides is 2. The van der Waals surface area contributed by atoms with Crippen molar-refractivity contribution in [2.75, 3.05) is 6.54 Å². The van der Waals surface area contributed by atoms with Gasteiger partial charge in [-0.25, -0.2) is 0 Å². The van der Waals surface area contributed by atoms with Gasteiger partial charge in [0.2, 0.25) is 11.8 Å². The van der Waals surface area contributed by atoms with Crippen molar-refractivity contribution in [3.8, 4) is 0 Å². The zero-order chi connectivity index (χ0) is 10.1. The lowest BCUT2D eigenvalue weighted by Crippen LogP contribution is -2.25. The summed E-state index contributed by atoms with van der Waals surface area (Å²) in [6.45, 7) is 2.59. The fourth-order valence-electron chi connectivity index (χ4n) is 0.916. The second-order valence-corrected chi connectivity index (χ2v) is 3.02. The number of hydrogen-bond acceptors (Lipinski definition) is 2. The van der Waals surface area contributed by atoms with Gasteiger partial charge in [0.05, 0.1) is 0 Å². The Labute approximate surface area is 78.9 Å². The lowest BCUT2D eigenvalue weighted by atomic mass is 10.2. The van der Waals surface area contributed by atoms with Gasteiger partial charge in [0.25, 0.3) is 0 Å². The van der Waals surface area contributed by atoms with Gasteiger partial charge in [-0.1, -0.05) is 13.3 Å². The van der Waals surface area contributed by atoms with Crippen LogP contribution < -0.4 is 11.1 Å². The molecule has 0 unspecified atom stereocenters. The van der Waals surface area contributed by atoms with Crippen molar-refractivity contribution < 1.29 is 9.59 Å². The van der Waals surface area contributed by atoms with Crippen molar-refractivity contribution in [1.82, 2.24) is 5.32 Å². The quantitative estimate of drug-likeness (QED) is 0.570. The number of nitrogens with two attached hydrogens (primary N) is 1. The molecular formula is C9H18N2O2. The highest BCUT2D eigenvalue weighted by atomic mass is 16.2. The maximum atomic E-state index is 11.0. The van der Waals surface area contributed by atoms with Gasteiger partial charge in [0, 0.05) is 19.4 Å². The normalized spacial score (nSPS) is 9.62. The monoisotopic (exact) mass is 186 g/mol. The van der Waals surface area contributed by atoms with Crippen LogP contribution in [0.3, 0.4) is 0 Å². The third-order valence-corrected chi connectivity index (χ3v) is 1.68. The summed E-state index contributed by atoms with van der Waals surface area (Å²) >= 11 is 0. The van der Waals surface area contributed by atoms with Crippen LogP contribution in [0.5, 0.6) is 0 Å². The molecule has 0 saturated heterocycles. The van der Waals surface area contributed by atoms with Gasteiger partial charge in [-0.15, -0.1) is 0 Å². The van der Waals surface area contributed by atoms with Crippen molar-refractivity contribution in [1.29, 1.82) is 0 Å². The standard InChI is InChI=1S/C9H18N2O2/c1-2-3-6-9(13)11-7-4-5-8(10)12/h2-7H2,1H3,(H2,10,12)(H,11,13). The van der Waals surface area contributed by atoms with E-state index in [9.17, 15) is 9.59 Å². The topological polar surface area (TPSA) is 72.2 Å². The minimum absolute atomic E-state index is 0.0614. The Morgan fingerprint density at radius 1 is 1.23 bits per heavy atom. The molecule has 0 aliphatic heterocycles. The first-order valence-electron chi connectivity index (χ1n) is 4.71. The number of nitrogens with one attached hydrogen (secondary N) is 1. The van der Waals surface area contributed by atoms with E-state index in [0.717, 1.165) is 12.8 Å². The van der Waals surface area contributed by atoms with E-state index in [1.807, 2.05) is 6.92 Å². The van der Waals surface area contributed by atoms with Gasteiger partial charge in [-0.05, 0) is 12.8 Å². The van der Waals surface area contributed by atoms with Crippen LogP contribution in [0.2, 0.25) is 0 Å². The van der Waals surface area contributed by atoms with Crippen molar-refractivity contribution in [3.63, 3.8) is 0 Å². The average Bonchev–Trinajstić information content (AvgIpc) is 2.08. The largest absolute Gasteiger partial charge is 0.370 e. The van der Waals surface area contributed by atoms with Gasteiger partial charge in [-0.2, -0.15) is 0 Å². The molecule has 0 aromatic heterocycles. The zero-order valence-electron chi connectivity index (χ0n) is 8.14. The van der Waals surface area contributed by atoms with E-state index >= 15 is 0 Å². The maximum Gasteiger partial charge on any atom is 0.219 e. The molecule has 0 atom stereocenters. The lowest BCUT2D eigenvalue weighted by Gasteiger charge is -2.02. The minimum Gasteiger partial charge on any atom is -0.370 e. The Balaban J connectivity index is 3.22. The molecular weight excluding hydrogens is 168 g/mol. The van der Waals surface area contributed by atoms with E-state index in [1.165, 1.54) is 0 Å². The Bertz CT molecular complexity index is 169. The van der Waals surface area contributed by atoms with Gasteiger partial charge >= 0.3 is 0 Å². The molecule has 76 valence electrons. The molecule has 0 fully saturated rings. The number of carbonyl (C=O) groups is 2. The van der Waals surface area contributed by atoms with Crippen LogP contribution in [-0.4, -0.2) is 18.4 Å². The molecule has 0 spiro atoms. The summed E-state index contributed by atoms with van der Waals surface area (Å²) < 4.78 is 0. The summed E-state index contributed by atoms with van der Waals surface area (Å²) in [5.41, 5.74) is 4.94. The fourth-order valence-corrected chi connectivity index (χ4v) is 0.916. The summed E-state index contributed by atoms with van der Waals surface area (Å²) in [5.74, 6) is -0.255. The molecule has 0 aromatic carbocycles. The highest BCUT2D eigenvalue weighted by Gasteiger charge is 1.99. The van der Waals surface area contributed by atoms with Crippen molar-refractivity contribution in [2.45, 2.75) is 39.0 Å². The van der Waals surface area contributed by atoms with Gasteiger partial charge < -0.3 is 11.1 Å². The van der Waals surface area contributed by atoms with Gasteiger partial charge in [0.15, 0.2) is 0 Å². The van der Waals surface area contributed by atoms with Crippen molar-refractivity contribution in [3.05, 3.63) is 0 Å². The number of hydrogen-bond donors (Lipinski definition) is 2. The molecule has 0 aromatic rings. The average molecular weight is 186 g/mol. The predicted octanol–water partition coefficient (Wildman–Crippen LogP) is 0.558. The first kappa shape index (κ1) is 11.9. The van der Waals surface area contributed by atoms with E-state index < -0.39 is 0 Å². The highest BCUT2D eigenvalue weighted by Crippen LogP contribution is 1.93. The fraction of sp³-hybridized carbons (Fsp3) is 0.778. The Hall–Kier alpha value is -1.06. The second kappa shape index (κ2) is 7.58. The molecule has 0 rings (SSSR count). The summed E-state index contributed by atoms with van der Waals surface area (Å²) in [5, 5.41) is 2.73. The van der Waals surface area contributed by atoms with Crippen LogP contribution in [-0.2, 0) is 9.59 Å². The summed E-state index contributed by atoms with van der Waals surface area (Å²) in [7, 11) is 0. The molecule has 3 N–H and O–H groups in total. The third-order valence-electron chi connectivity index (χ3n) is 1.68. The van der Waals surface area contributed by atoms with Crippen LogP contribution >= 0.6 is 0 Å². The van der Waals surface area contributed by atoms with Gasteiger partial charge in [-0.3, -0.25) is 9.59 Å². The van der Waals surface area contributed by atoms with Crippen molar-refractivity contribution in [2.24, 2.45) is 5.73 Å². The van der Waals surface area contributed by atoms with Crippen molar-refractivity contribution >= 4 is 11.8 Å². The zero-order valence-corrected chi connectivity index (χ0v) is 8.14. The Morgan fingerprint density at radius 3 is 2.46 bits per heavy atom. The minimum atomic E-state index is -0.317. The van der Waals surface area contributed by atoms with Crippen LogP contribution in [0.25, 0.3) is 0 Å². The Morgan fingerprint density at radius 2 is 1.92 bits per heavy atom. The summed E-state index contributed by atoms with van der Waals surface area (Å²) in [4.78, 5) is 21.3. The number of rotatable bonds is 7. The molecule has 4 nitrogen and oxygen atoms in total. The third kappa shape index (κ3) is 8.85. The smallest absolute Gasteiger partial charge is 0.219 e. The van der Waals surface area contributed by atoms with E-state index in [4.69, 9.17) is 5.73 Å². The molecule has 0 radical (unpaired) electrons. The lowest BCUT2D eigenvalue weighted by molar-refractivity contribution is -0.122.